The SMILES string of the molecule is CCCC(CCC)C(=O)Nc1ccc2ccc(CC[C@@]3(C)C[C@@H](c4ccc5c(N)ncnn45)[C@H](O)[C@@H]3O)cc2n1. The lowest BCUT2D eigenvalue weighted by atomic mass is 9.80. The first kappa shape index (κ1) is 28.0. The van der Waals surface area contributed by atoms with Gasteiger partial charge in [0.25, 0.3) is 0 Å². The number of rotatable bonds is 10. The van der Waals surface area contributed by atoms with Crippen molar-refractivity contribution in [2.24, 2.45) is 11.3 Å². The van der Waals surface area contributed by atoms with Crippen molar-refractivity contribution in [3.8, 4) is 0 Å². The van der Waals surface area contributed by atoms with E-state index in [0.717, 1.165) is 54.3 Å². The van der Waals surface area contributed by atoms with E-state index in [1.54, 1.807) is 4.52 Å². The monoisotopic (exact) mass is 544 g/mol. The fraction of sp³-hybridized carbons (Fsp3) is 0.484. The summed E-state index contributed by atoms with van der Waals surface area (Å²) in [6.07, 6.45) is 5.36. The molecule has 5 rings (SSSR count). The van der Waals surface area contributed by atoms with Crippen LogP contribution in [0.1, 0.15) is 76.5 Å². The molecule has 9 nitrogen and oxygen atoms in total. The summed E-state index contributed by atoms with van der Waals surface area (Å²) in [5.41, 5.74) is 8.94. The molecule has 0 radical (unpaired) electrons. The van der Waals surface area contributed by atoms with Crippen LogP contribution in [-0.4, -0.2) is 47.9 Å². The number of fused-ring (bicyclic) bond motifs is 2. The van der Waals surface area contributed by atoms with Crippen molar-refractivity contribution in [2.75, 3.05) is 11.1 Å². The van der Waals surface area contributed by atoms with Gasteiger partial charge < -0.3 is 21.3 Å². The van der Waals surface area contributed by atoms with Crippen molar-refractivity contribution >= 4 is 34.0 Å². The van der Waals surface area contributed by atoms with Crippen LogP contribution in [0.15, 0.2) is 48.8 Å². The van der Waals surface area contributed by atoms with E-state index in [2.05, 4.69) is 41.4 Å². The summed E-state index contributed by atoms with van der Waals surface area (Å²) in [7, 11) is 0. The van der Waals surface area contributed by atoms with Gasteiger partial charge >= 0.3 is 0 Å². The lowest BCUT2D eigenvalue weighted by Gasteiger charge is -2.28. The molecule has 1 aliphatic carbocycles. The molecule has 1 fully saturated rings. The highest BCUT2D eigenvalue weighted by Gasteiger charge is 2.50. The van der Waals surface area contributed by atoms with E-state index in [-0.39, 0.29) is 17.7 Å². The van der Waals surface area contributed by atoms with Crippen molar-refractivity contribution < 1.29 is 15.0 Å². The van der Waals surface area contributed by atoms with Gasteiger partial charge in [-0.15, -0.1) is 0 Å². The second kappa shape index (κ2) is 11.5. The fourth-order valence-electron chi connectivity index (χ4n) is 6.31. The number of nitrogen functional groups attached to an aromatic ring is 1. The van der Waals surface area contributed by atoms with E-state index in [4.69, 9.17) is 10.7 Å². The van der Waals surface area contributed by atoms with Crippen LogP contribution in [0, 0.1) is 11.3 Å². The van der Waals surface area contributed by atoms with Crippen LogP contribution in [0.5, 0.6) is 0 Å². The van der Waals surface area contributed by atoms with E-state index in [0.29, 0.717) is 30.0 Å². The number of nitrogens with zero attached hydrogens (tertiary/aromatic N) is 4. The summed E-state index contributed by atoms with van der Waals surface area (Å²) in [6.45, 7) is 6.24. The van der Waals surface area contributed by atoms with Gasteiger partial charge in [0.15, 0.2) is 5.82 Å². The Balaban J connectivity index is 1.30. The molecule has 3 heterocycles. The summed E-state index contributed by atoms with van der Waals surface area (Å²) in [5.74, 6) is 0.718. The molecule has 1 aromatic carbocycles. The molecule has 0 bridgehead atoms. The third-order valence-electron chi connectivity index (χ3n) is 8.66. The number of hydrogen-bond acceptors (Lipinski definition) is 7. The Morgan fingerprint density at radius 2 is 1.90 bits per heavy atom. The minimum Gasteiger partial charge on any atom is -0.390 e. The van der Waals surface area contributed by atoms with Crippen LogP contribution in [0.2, 0.25) is 0 Å². The number of hydrogen-bond donors (Lipinski definition) is 4. The molecular formula is C31H40N6O3. The first-order valence-electron chi connectivity index (χ1n) is 14.4. The van der Waals surface area contributed by atoms with Gasteiger partial charge in [-0.2, -0.15) is 5.10 Å². The number of nitrogens with two attached hydrogens (primary N) is 1. The van der Waals surface area contributed by atoms with Gasteiger partial charge in [0.05, 0.1) is 17.7 Å². The minimum absolute atomic E-state index is 0.00571. The highest BCUT2D eigenvalue weighted by Crippen LogP contribution is 2.49. The van der Waals surface area contributed by atoms with E-state index >= 15 is 0 Å². The Kier molecular flexibility index (Phi) is 8.05. The standard InChI is InChI=1S/C31H40N6O3/c1-4-6-21(7-5-2)30(40)36-26-13-10-20-9-8-19(16-23(20)35-26)14-15-31(3)17-22(27(38)28(31)39)24-11-12-25-29(32)33-18-34-37(24)25/h8-13,16,18,21-22,27-28,38-39H,4-7,14-15,17H2,1-3H3,(H2,32,33,34)(H,35,36,40)/t22-,27-,28-,31-/m0/s1. The number of anilines is 2. The van der Waals surface area contributed by atoms with E-state index in [1.807, 2.05) is 37.3 Å². The molecule has 40 heavy (non-hydrogen) atoms. The number of benzene rings is 1. The van der Waals surface area contributed by atoms with Gasteiger partial charge in [-0.1, -0.05) is 45.7 Å². The van der Waals surface area contributed by atoms with Crippen molar-refractivity contribution in [1.29, 1.82) is 0 Å². The first-order valence-corrected chi connectivity index (χ1v) is 14.4. The average molecular weight is 545 g/mol. The second-order valence-corrected chi connectivity index (χ2v) is 11.6. The van der Waals surface area contributed by atoms with Crippen molar-refractivity contribution in [3.05, 3.63) is 60.0 Å². The second-order valence-electron chi connectivity index (χ2n) is 11.6. The molecule has 4 aromatic rings. The number of aliphatic hydroxyl groups excluding tert-OH is 2. The molecule has 3 aromatic heterocycles. The molecule has 0 saturated heterocycles. The Morgan fingerprint density at radius 3 is 2.65 bits per heavy atom. The van der Waals surface area contributed by atoms with Crippen molar-refractivity contribution in [3.63, 3.8) is 0 Å². The summed E-state index contributed by atoms with van der Waals surface area (Å²) in [4.78, 5) is 21.6. The molecular weight excluding hydrogens is 504 g/mol. The largest absolute Gasteiger partial charge is 0.390 e. The quantitative estimate of drug-likeness (QED) is 0.224. The van der Waals surface area contributed by atoms with Crippen molar-refractivity contribution in [2.45, 2.75) is 83.8 Å². The zero-order valence-corrected chi connectivity index (χ0v) is 23.5. The lowest BCUT2D eigenvalue weighted by molar-refractivity contribution is -0.120. The molecule has 1 saturated carbocycles. The van der Waals surface area contributed by atoms with Crippen LogP contribution < -0.4 is 11.1 Å². The average Bonchev–Trinajstić information content (AvgIpc) is 3.47. The Bertz CT molecular complexity index is 1500. The van der Waals surface area contributed by atoms with Crippen LogP contribution in [0.25, 0.3) is 16.4 Å². The number of pyridine rings is 1. The summed E-state index contributed by atoms with van der Waals surface area (Å²) < 4.78 is 1.72. The van der Waals surface area contributed by atoms with E-state index < -0.39 is 17.6 Å². The van der Waals surface area contributed by atoms with Gasteiger partial charge in [-0.05, 0) is 73.4 Å². The first-order chi connectivity index (χ1) is 19.2. The highest BCUT2D eigenvalue weighted by molar-refractivity contribution is 5.93. The number of nitrogens with one attached hydrogen (secondary N) is 1. The topological polar surface area (TPSA) is 139 Å². The predicted octanol–water partition coefficient (Wildman–Crippen LogP) is 4.86. The predicted molar refractivity (Wildman–Crippen MR) is 157 cm³/mol. The number of aryl methyl sites for hydroxylation is 1. The summed E-state index contributed by atoms with van der Waals surface area (Å²) >= 11 is 0. The Labute approximate surface area is 234 Å². The van der Waals surface area contributed by atoms with Gasteiger partial charge in [0, 0.05) is 22.9 Å². The molecule has 9 heteroatoms. The van der Waals surface area contributed by atoms with E-state index in [9.17, 15) is 15.0 Å². The van der Waals surface area contributed by atoms with Gasteiger partial charge in [0.2, 0.25) is 5.91 Å². The third-order valence-corrected chi connectivity index (χ3v) is 8.66. The molecule has 212 valence electrons. The van der Waals surface area contributed by atoms with Crippen LogP contribution in [0.3, 0.4) is 0 Å². The number of aliphatic hydroxyl groups is 2. The molecule has 0 aliphatic heterocycles. The smallest absolute Gasteiger partial charge is 0.228 e. The number of carbonyl (C=O) groups excluding carboxylic acids is 1. The number of carbonyl (C=O) groups is 1. The normalized spacial score (nSPS) is 22.9. The maximum absolute atomic E-state index is 12.8. The summed E-state index contributed by atoms with van der Waals surface area (Å²) in [5, 5.41) is 30.5. The molecule has 4 atom stereocenters. The fourth-order valence-corrected chi connectivity index (χ4v) is 6.31. The zero-order chi connectivity index (χ0) is 28.4. The maximum atomic E-state index is 12.8. The zero-order valence-electron chi connectivity index (χ0n) is 23.5. The van der Waals surface area contributed by atoms with Crippen LogP contribution in [-0.2, 0) is 11.2 Å². The third kappa shape index (κ3) is 5.40. The molecule has 1 amide bonds. The Morgan fingerprint density at radius 1 is 1.15 bits per heavy atom. The lowest BCUT2D eigenvalue weighted by Crippen LogP contribution is -2.34. The molecule has 0 spiro atoms. The van der Waals surface area contributed by atoms with Crippen LogP contribution >= 0.6 is 0 Å². The van der Waals surface area contributed by atoms with Gasteiger partial charge in [-0.3, -0.25) is 4.79 Å². The Hall–Kier alpha value is -3.56. The number of aromatic nitrogens is 4. The van der Waals surface area contributed by atoms with Gasteiger partial charge in [-0.25, -0.2) is 14.5 Å². The van der Waals surface area contributed by atoms with E-state index in [1.165, 1.54) is 6.33 Å². The number of amides is 1. The van der Waals surface area contributed by atoms with Crippen molar-refractivity contribution in [1.82, 2.24) is 19.6 Å². The molecule has 1 aliphatic rings. The van der Waals surface area contributed by atoms with Crippen LogP contribution in [0.4, 0.5) is 11.6 Å². The minimum atomic E-state index is -0.909. The molecule has 5 N–H and O–H groups in total. The highest BCUT2D eigenvalue weighted by atomic mass is 16.3. The summed E-state index contributed by atoms with van der Waals surface area (Å²) in [6, 6.07) is 13.8. The maximum Gasteiger partial charge on any atom is 0.228 e. The molecule has 0 unspecified atom stereocenters. The van der Waals surface area contributed by atoms with Gasteiger partial charge in [0.1, 0.15) is 17.7 Å².